The number of halogens is 9. The van der Waals surface area contributed by atoms with Crippen molar-refractivity contribution in [2.24, 2.45) is 0 Å². The summed E-state index contributed by atoms with van der Waals surface area (Å²) in [6.45, 7) is 9.88. The molecule has 12 heteroatoms. The zero-order valence-electron chi connectivity index (χ0n) is 30.7. The standard InChI is InChI=1S/C44H33F9N2Si/c1-24-6-16-33-36-21-28(43(48,49)50)22-37(44(51,52)53)41(36)55(38(33)20-24)30-10-14-32(15-11-30)56(4,5)31-12-8-29(9-13-31)54-39-23-27(42(45,46)47)7-17-34(39)35-19-25(2)18-26(3)40(35)54/h6-23H,1-5H3. The SMILES string of the molecule is Cc1cc(C)c2c(c1)c1ccc(C(F)(F)F)cc1n2-c1ccc([Si](C)(C)c2ccc(-n3c4cc(C)ccc4c4cc(C(F)(F)F)cc(C(F)(F)F)c43)cc2)cc1. The first-order valence-corrected chi connectivity index (χ1v) is 20.7. The summed E-state index contributed by atoms with van der Waals surface area (Å²) in [5, 5.41) is 3.63. The van der Waals surface area contributed by atoms with Crippen molar-refractivity contribution in [3.8, 4) is 11.4 Å². The molecule has 2 heterocycles. The Bertz CT molecular complexity index is 2850. The summed E-state index contributed by atoms with van der Waals surface area (Å²) in [6, 6.07) is 28.4. The molecule has 8 aromatic rings. The monoisotopic (exact) mass is 788 g/mol. The van der Waals surface area contributed by atoms with Gasteiger partial charge in [-0.2, -0.15) is 39.5 Å². The van der Waals surface area contributed by atoms with E-state index in [-0.39, 0.29) is 22.4 Å². The minimum absolute atomic E-state index is 0.149. The molecule has 0 fully saturated rings. The number of hydrogen-bond donors (Lipinski definition) is 0. The van der Waals surface area contributed by atoms with Gasteiger partial charge in [0, 0.05) is 32.9 Å². The van der Waals surface area contributed by atoms with Crippen molar-refractivity contribution in [1.82, 2.24) is 9.13 Å². The number of rotatable bonds is 4. The molecule has 0 atom stereocenters. The third-order valence-electron chi connectivity index (χ3n) is 10.9. The fourth-order valence-electron chi connectivity index (χ4n) is 8.10. The van der Waals surface area contributed by atoms with Gasteiger partial charge in [-0.05, 0) is 92.6 Å². The summed E-state index contributed by atoms with van der Waals surface area (Å²) in [7, 11) is -2.49. The Balaban J connectivity index is 1.23. The van der Waals surface area contributed by atoms with Gasteiger partial charge in [-0.25, -0.2) is 0 Å². The maximum absolute atomic E-state index is 14.5. The van der Waals surface area contributed by atoms with Crippen LogP contribution in [0.4, 0.5) is 39.5 Å². The molecule has 6 aromatic carbocycles. The van der Waals surface area contributed by atoms with Crippen LogP contribution in [-0.2, 0) is 18.5 Å². The lowest BCUT2D eigenvalue weighted by atomic mass is 10.0. The molecule has 0 aliphatic rings. The highest BCUT2D eigenvalue weighted by Gasteiger charge is 2.40. The summed E-state index contributed by atoms with van der Waals surface area (Å²) in [5.41, 5.74) is 1.44. The molecule has 0 spiro atoms. The molecule has 0 aliphatic carbocycles. The van der Waals surface area contributed by atoms with Gasteiger partial charge in [-0.1, -0.05) is 77.6 Å². The van der Waals surface area contributed by atoms with Gasteiger partial charge >= 0.3 is 18.5 Å². The molecular formula is C44H33F9N2Si. The van der Waals surface area contributed by atoms with E-state index in [2.05, 4.69) is 13.1 Å². The van der Waals surface area contributed by atoms with Gasteiger partial charge in [0.25, 0.3) is 0 Å². The third kappa shape index (κ3) is 6.05. The highest BCUT2D eigenvalue weighted by Crippen LogP contribution is 2.45. The molecule has 2 nitrogen and oxygen atoms in total. The van der Waals surface area contributed by atoms with Crippen LogP contribution in [0, 0.1) is 20.8 Å². The third-order valence-corrected chi connectivity index (χ3v) is 14.4. The first-order valence-electron chi connectivity index (χ1n) is 17.7. The van der Waals surface area contributed by atoms with Crippen molar-refractivity contribution in [3.63, 3.8) is 0 Å². The minimum atomic E-state index is -5.07. The van der Waals surface area contributed by atoms with Crippen LogP contribution in [0.2, 0.25) is 13.1 Å². The Morgan fingerprint density at radius 1 is 0.429 bits per heavy atom. The topological polar surface area (TPSA) is 9.86 Å². The molecule has 0 radical (unpaired) electrons. The Morgan fingerprint density at radius 2 is 0.929 bits per heavy atom. The molecule has 0 bridgehead atoms. The van der Waals surface area contributed by atoms with Gasteiger partial charge in [-0.3, -0.25) is 0 Å². The zero-order valence-corrected chi connectivity index (χ0v) is 31.7. The lowest BCUT2D eigenvalue weighted by Crippen LogP contribution is -2.52. The fraction of sp³-hybridized carbons (Fsp3) is 0.182. The van der Waals surface area contributed by atoms with Crippen LogP contribution in [0.1, 0.15) is 33.4 Å². The molecule has 56 heavy (non-hydrogen) atoms. The van der Waals surface area contributed by atoms with Crippen LogP contribution in [0.25, 0.3) is 55.0 Å². The van der Waals surface area contributed by atoms with Crippen LogP contribution >= 0.6 is 0 Å². The summed E-state index contributed by atoms with van der Waals surface area (Å²) < 4.78 is 130. The Kier molecular flexibility index (Phi) is 8.36. The van der Waals surface area contributed by atoms with E-state index >= 15 is 0 Å². The Hall–Kier alpha value is -5.49. The molecule has 0 saturated heterocycles. The average molecular weight is 789 g/mol. The largest absolute Gasteiger partial charge is 0.418 e. The maximum Gasteiger partial charge on any atom is 0.418 e. The van der Waals surface area contributed by atoms with Crippen LogP contribution in [-0.4, -0.2) is 17.2 Å². The summed E-state index contributed by atoms with van der Waals surface area (Å²) in [6.07, 6.45) is -14.6. The van der Waals surface area contributed by atoms with Crippen molar-refractivity contribution >= 4 is 62.1 Å². The molecule has 0 amide bonds. The van der Waals surface area contributed by atoms with Crippen LogP contribution < -0.4 is 10.4 Å². The normalized spacial score (nSPS) is 13.2. The molecule has 0 aliphatic heterocycles. The fourth-order valence-corrected chi connectivity index (χ4v) is 10.4. The number of aryl methyl sites for hydroxylation is 3. The van der Waals surface area contributed by atoms with Crippen molar-refractivity contribution < 1.29 is 39.5 Å². The quantitative estimate of drug-likeness (QED) is 0.124. The maximum atomic E-state index is 14.5. The lowest BCUT2D eigenvalue weighted by Gasteiger charge is -2.25. The minimum Gasteiger partial charge on any atom is -0.309 e. The zero-order chi connectivity index (χ0) is 40.3. The van der Waals surface area contributed by atoms with E-state index in [9.17, 15) is 39.5 Å². The smallest absolute Gasteiger partial charge is 0.309 e. The molecule has 0 saturated carbocycles. The number of nitrogens with zero attached hydrogens (tertiary/aromatic N) is 2. The van der Waals surface area contributed by atoms with E-state index in [4.69, 9.17) is 0 Å². The van der Waals surface area contributed by atoms with Crippen molar-refractivity contribution in [2.45, 2.75) is 52.4 Å². The van der Waals surface area contributed by atoms with Crippen molar-refractivity contribution in [3.05, 3.63) is 143 Å². The molecule has 2 aromatic heterocycles. The van der Waals surface area contributed by atoms with Gasteiger partial charge in [0.15, 0.2) is 0 Å². The number of alkyl halides is 9. The first kappa shape index (κ1) is 37.4. The van der Waals surface area contributed by atoms with E-state index < -0.39 is 43.3 Å². The Labute approximate surface area is 316 Å². The van der Waals surface area contributed by atoms with Crippen molar-refractivity contribution in [2.75, 3.05) is 0 Å². The average Bonchev–Trinajstić information content (AvgIpc) is 3.62. The van der Waals surface area contributed by atoms with E-state index in [1.165, 1.54) is 16.7 Å². The molecular weight excluding hydrogens is 756 g/mol. The van der Waals surface area contributed by atoms with E-state index in [0.29, 0.717) is 27.8 Å². The van der Waals surface area contributed by atoms with Crippen molar-refractivity contribution in [1.29, 1.82) is 0 Å². The summed E-state index contributed by atoms with van der Waals surface area (Å²) in [4.78, 5) is 0. The second-order valence-corrected chi connectivity index (χ2v) is 19.4. The van der Waals surface area contributed by atoms with E-state index in [1.807, 2.05) is 66.9 Å². The second-order valence-electron chi connectivity index (χ2n) is 15.0. The molecule has 286 valence electrons. The summed E-state index contributed by atoms with van der Waals surface area (Å²) in [5.74, 6) is 0. The highest BCUT2D eigenvalue weighted by atomic mass is 28.3. The lowest BCUT2D eigenvalue weighted by molar-refractivity contribution is -0.142. The van der Waals surface area contributed by atoms with Gasteiger partial charge in [-0.15, -0.1) is 0 Å². The number of aromatic nitrogens is 2. The van der Waals surface area contributed by atoms with Crippen LogP contribution in [0.3, 0.4) is 0 Å². The van der Waals surface area contributed by atoms with Gasteiger partial charge in [0.1, 0.15) is 8.07 Å². The van der Waals surface area contributed by atoms with Gasteiger partial charge in [0.05, 0.1) is 38.8 Å². The van der Waals surface area contributed by atoms with Gasteiger partial charge < -0.3 is 9.13 Å². The second kappa shape index (κ2) is 12.5. The summed E-state index contributed by atoms with van der Waals surface area (Å²) >= 11 is 0. The predicted octanol–water partition coefficient (Wildman–Crippen LogP) is 12.7. The number of hydrogen-bond acceptors (Lipinski definition) is 0. The van der Waals surface area contributed by atoms with Gasteiger partial charge in [0.2, 0.25) is 0 Å². The number of fused-ring (bicyclic) bond motifs is 6. The van der Waals surface area contributed by atoms with E-state index in [1.54, 1.807) is 37.3 Å². The van der Waals surface area contributed by atoms with Crippen LogP contribution in [0.5, 0.6) is 0 Å². The van der Waals surface area contributed by atoms with E-state index in [0.717, 1.165) is 50.1 Å². The predicted molar refractivity (Wildman–Crippen MR) is 208 cm³/mol. The first-order chi connectivity index (χ1) is 26.1. The molecule has 0 unspecified atom stereocenters. The van der Waals surface area contributed by atoms with Crippen LogP contribution in [0.15, 0.2) is 109 Å². The number of benzene rings is 6. The molecule has 8 rings (SSSR count). The highest BCUT2D eigenvalue weighted by molar-refractivity contribution is 7.00. The molecule has 0 N–H and O–H groups in total. The Morgan fingerprint density at radius 3 is 1.46 bits per heavy atom.